The van der Waals surface area contributed by atoms with Crippen LogP contribution in [0.3, 0.4) is 0 Å². The molecule has 0 saturated heterocycles. The van der Waals surface area contributed by atoms with Crippen LogP contribution in [0.5, 0.6) is 0 Å². The highest BCUT2D eigenvalue weighted by Crippen LogP contribution is 2.25. The molecule has 21 heavy (non-hydrogen) atoms. The maximum atomic E-state index is 5.40. The first-order valence-corrected chi connectivity index (χ1v) is 8.18. The van der Waals surface area contributed by atoms with Gasteiger partial charge in [-0.25, -0.2) is 0 Å². The Morgan fingerprint density at radius 1 is 1.10 bits per heavy atom. The van der Waals surface area contributed by atoms with Gasteiger partial charge in [0, 0.05) is 16.2 Å². The first-order valence-electron chi connectivity index (χ1n) is 7.19. The highest BCUT2D eigenvalue weighted by atomic mass is 32.2. The largest absolute Gasteiger partial charge is 0.320 e. The lowest BCUT2D eigenvalue weighted by Crippen LogP contribution is -1.93. The van der Waals surface area contributed by atoms with E-state index in [1.165, 1.54) is 16.0 Å². The van der Waals surface area contributed by atoms with E-state index in [-0.39, 0.29) is 0 Å². The molecule has 0 fully saturated rings. The van der Waals surface area contributed by atoms with Gasteiger partial charge in [0.2, 0.25) is 0 Å². The summed E-state index contributed by atoms with van der Waals surface area (Å²) in [4.78, 5) is 1.30. The molecular weight excluding hydrogens is 274 g/mol. The van der Waals surface area contributed by atoms with Crippen molar-refractivity contribution in [3.05, 3.63) is 65.2 Å². The third-order valence-electron chi connectivity index (χ3n) is 3.21. The van der Waals surface area contributed by atoms with E-state index in [0.29, 0.717) is 12.5 Å². The molecular formula is C19H21NS. The smallest absolute Gasteiger partial charge is 0.0555 e. The topological polar surface area (TPSA) is 26.0 Å². The van der Waals surface area contributed by atoms with Crippen LogP contribution in [-0.4, -0.2) is 6.54 Å². The highest BCUT2D eigenvalue weighted by molar-refractivity contribution is 7.98. The summed E-state index contributed by atoms with van der Waals surface area (Å²) in [5.74, 6) is 7.51. The van der Waals surface area contributed by atoms with Crippen molar-refractivity contribution in [3.8, 4) is 11.8 Å². The molecule has 0 bridgehead atoms. The van der Waals surface area contributed by atoms with Crippen LogP contribution in [0.15, 0.2) is 53.4 Å². The van der Waals surface area contributed by atoms with Crippen molar-refractivity contribution in [1.82, 2.24) is 0 Å². The van der Waals surface area contributed by atoms with E-state index in [1.807, 2.05) is 17.8 Å². The van der Waals surface area contributed by atoms with Crippen LogP contribution >= 0.6 is 11.8 Å². The second-order valence-electron chi connectivity index (χ2n) is 5.22. The van der Waals surface area contributed by atoms with Crippen LogP contribution in [0.2, 0.25) is 0 Å². The van der Waals surface area contributed by atoms with Gasteiger partial charge in [-0.05, 0) is 41.3 Å². The van der Waals surface area contributed by atoms with Crippen molar-refractivity contribution >= 4 is 11.8 Å². The fraction of sp³-hybridized carbons (Fsp3) is 0.263. The van der Waals surface area contributed by atoms with Crippen LogP contribution < -0.4 is 5.73 Å². The van der Waals surface area contributed by atoms with Crippen molar-refractivity contribution < 1.29 is 0 Å². The summed E-state index contributed by atoms with van der Waals surface area (Å²) < 4.78 is 0. The van der Waals surface area contributed by atoms with Crippen LogP contribution in [0, 0.1) is 11.8 Å². The van der Waals surface area contributed by atoms with Gasteiger partial charge < -0.3 is 5.73 Å². The van der Waals surface area contributed by atoms with Gasteiger partial charge in [-0.2, -0.15) is 0 Å². The minimum atomic E-state index is 0.404. The summed E-state index contributed by atoms with van der Waals surface area (Å²) in [5, 5.41) is 0. The fourth-order valence-corrected chi connectivity index (χ4v) is 2.85. The highest BCUT2D eigenvalue weighted by Gasteiger charge is 2.00. The van der Waals surface area contributed by atoms with E-state index in [9.17, 15) is 0 Å². The van der Waals surface area contributed by atoms with Crippen molar-refractivity contribution in [2.45, 2.75) is 30.4 Å². The molecule has 0 atom stereocenters. The predicted molar refractivity (Wildman–Crippen MR) is 92.5 cm³/mol. The lowest BCUT2D eigenvalue weighted by Gasteiger charge is -2.07. The number of thioether (sulfide) groups is 1. The third kappa shape index (κ3) is 4.97. The molecule has 0 aliphatic carbocycles. The molecule has 1 nitrogen and oxygen atoms in total. The van der Waals surface area contributed by atoms with E-state index in [2.05, 4.69) is 68.2 Å². The standard InChI is InChI=1S/C19H21NS/c1-15(2)18-8-10-19(11-9-18)21-14-17-6-3-5-16(13-17)7-4-12-20/h3,5-6,8-11,13,15H,12,14,20H2,1-2H3. The molecule has 2 heteroatoms. The van der Waals surface area contributed by atoms with Crippen LogP contribution in [-0.2, 0) is 5.75 Å². The maximum absolute atomic E-state index is 5.40. The number of nitrogens with two attached hydrogens (primary N) is 1. The molecule has 2 N–H and O–H groups in total. The number of benzene rings is 2. The van der Waals surface area contributed by atoms with Crippen molar-refractivity contribution in [1.29, 1.82) is 0 Å². The van der Waals surface area contributed by atoms with Crippen LogP contribution in [0.1, 0.15) is 36.5 Å². The monoisotopic (exact) mass is 295 g/mol. The molecule has 0 aromatic heterocycles. The van der Waals surface area contributed by atoms with E-state index < -0.39 is 0 Å². The molecule has 0 radical (unpaired) electrons. The van der Waals surface area contributed by atoms with Gasteiger partial charge in [0.25, 0.3) is 0 Å². The second kappa shape index (κ2) is 7.93. The van der Waals surface area contributed by atoms with E-state index in [4.69, 9.17) is 5.73 Å². The molecule has 2 aromatic rings. The van der Waals surface area contributed by atoms with Crippen molar-refractivity contribution in [2.24, 2.45) is 5.73 Å². The molecule has 2 aromatic carbocycles. The Hall–Kier alpha value is -1.69. The lowest BCUT2D eigenvalue weighted by atomic mass is 10.0. The predicted octanol–water partition coefficient (Wildman–Crippen LogP) is 4.41. The second-order valence-corrected chi connectivity index (χ2v) is 6.27. The van der Waals surface area contributed by atoms with Crippen molar-refractivity contribution in [2.75, 3.05) is 6.54 Å². The summed E-state index contributed by atoms with van der Waals surface area (Å²) >= 11 is 1.85. The number of rotatable bonds is 4. The number of hydrogen-bond donors (Lipinski definition) is 1. The summed E-state index contributed by atoms with van der Waals surface area (Å²) in [7, 11) is 0. The molecule has 0 unspecified atom stereocenters. The fourth-order valence-electron chi connectivity index (χ4n) is 2.01. The van der Waals surface area contributed by atoms with E-state index >= 15 is 0 Å². The van der Waals surface area contributed by atoms with Crippen molar-refractivity contribution in [3.63, 3.8) is 0 Å². The van der Waals surface area contributed by atoms with Gasteiger partial charge >= 0.3 is 0 Å². The van der Waals surface area contributed by atoms with E-state index in [0.717, 1.165) is 11.3 Å². The van der Waals surface area contributed by atoms with Gasteiger partial charge in [-0.1, -0.05) is 50.0 Å². The molecule has 0 spiro atoms. The first kappa shape index (κ1) is 15.7. The molecule has 108 valence electrons. The first-order chi connectivity index (χ1) is 10.2. The van der Waals surface area contributed by atoms with E-state index in [1.54, 1.807) is 0 Å². The van der Waals surface area contributed by atoms with Crippen LogP contribution in [0.4, 0.5) is 0 Å². The quantitative estimate of drug-likeness (QED) is 0.668. The normalized spacial score (nSPS) is 10.3. The minimum absolute atomic E-state index is 0.404. The zero-order valence-corrected chi connectivity index (χ0v) is 13.4. The lowest BCUT2D eigenvalue weighted by molar-refractivity contribution is 0.865. The Labute approximate surface area is 132 Å². The zero-order chi connectivity index (χ0) is 15.1. The molecule has 0 heterocycles. The Balaban J connectivity index is 1.99. The average molecular weight is 295 g/mol. The van der Waals surface area contributed by atoms with Crippen LogP contribution in [0.25, 0.3) is 0 Å². The zero-order valence-electron chi connectivity index (χ0n) is 12.6. The molecule has 0 amide bonds. The molecule has 0 aliphatic rings. The van der Waals surface area contributed by atoms with Gasteiger partial charge in [0.1, 0.15) is 0 Å². The SMILES string of the molecule is CC(C)c1ccc(SCc2cccc(C#CCN)c2)cc1. The van der Waals surface area contributed by atoms with Gasteiger partial charge in [-0.3, -0.25) is 0 Å². The van der Waals surface area contributed by atoms with Gasteiger partial charge in [0.05, 0.1) is 6.54 Å². The summed E-state index contributed by atoms with van der Waals surface area (Å²) in [6, 6.07) is 17.2. The number of hydrogen-bond acceptors (Lipinski definition) is 2. The Kier molecular flexibility index (Phi) is 5.92. The average Bonchev–Trinajstić information content (AvgIpc) is 2.52. The van der Waals surface area contributed by atoms with Gasteiger partial charge in [0.15, 0.2) is 0 Å². The Bertz CT molecular complexity index is 633. The Morgan fingerprint density at radius 3 is 2.52 bits per heavy atom. The maximum Gasteiger partial charge on any atom is 0.0555 e. The Morgan fingerprint density at radius 2 is 1.86 bits per heavy atom. The molecule has 0 saturated carbocycles. The summed E-state index contributed by atoms with van der Waals surface area (Å²) in [5.41, 5.74) is 9.12. The third-order valence-corrected chi connectivity index (χ3v) is 4.30. The molecule has 0 aliphatic heterocycles. The summed E-state index contributed by atoms with van der Waals surface area (Å²) in [6.45, 7) is 4.84. The summed E-state index contributed by atoms with van der Waals surface area (Å²) in [6.07, 6.45) is 0. The van der Waals surface area contributed by atoms with Gasteiger partial charge in [-0.15, -0.1) is 11.8 Å². The minimum Gasteiger partial charge on any atom is -0.320 e. The molecule has 2 rings (SSSR count).